The fourth-order valence-corrected chi connectivity index (χ4v) is 12.0. The predicted molar refractivity (Wildman–Crippen MR) is 229 cm³/mol. The summed E-state index contributed by atoms with van der Waals surface area (Å²) < 4.78 is 0. The number of carbonyl (C=O) groups is 2. The molecule has 55 heavy (non-hydrogen) atoms. The van der Waals surface area contributed by atoms with E-state index < -0.39 is 0 Å². The fraction of sp³-hybridized carbons (Fsp3) is 0.755. The normalized spacial score (nSPS) is 34.1. The van der Waals surface area contributed by atoms with Crippen molar-refractivity contribution in [1.29, 1.82) is 0 Å². The molecule has 4 aliphatic carbocycles. The van der Waals surface area contributed by atoms with Crippen LogP contribution in [0.3, 0.4) is 0 Å². The second-order valence-electron chi connectivity index (χ2n) is 18.4. The topological polar surface area (TPSA) is 89.9 Å². The molecule has 4 fully saturated rings. The molecule has 0 aromatic rings. The van der Waals surface area contributed by atoms with Crippen LogP contribution in [0.2, 0.25) is 0 Å². The Morgan fingerprint density at radius 1 is 0.782 bits per heavy atom. The van der Waals surface area contributed by atoms with Gasteiger partial charge in [0.1, 0.15) is 0 Å². The Bertz CT molecular complexity index is 1330. The lowest BCUT2D eigenvalue weighted by molar-refractivity contribution is -0.203. The quantitative estimate of drug-likeness (QED) is 0.0803. The third-order valence-electron chi connectivity index (χ3n) is 15.1. The Morgan fingerprint density at radius 3 is 2.02 bits per heavy atom. The molecule has 0 heterocycles. The van der Waals surface area contributed by atoms with Crippen LogP contribution in [-0.2, 0) is 9.59 Å². The molecule has 4 rings (SSSR count). The monoisotopic (exact) mass is 761 g/mol. The Morgan fingerprint density at radius 2 is 1.38 bits per heavy atom. The van der Waals surface area contributed by atoms with Gasteiger partial charge in [-0.05, 0) is 149 Å². The second kappa shape index (κ2) is 22.5. The summed E-state index contributed by atoms with van der Waals surface area (Å²) >= 11 is 0. The van der Waals surface area contributed by atoms with Crippen molar-refractivity contribution < 1.29 is 19.8 Å². The van der Waals surface area contributed by atoms with Crippen LogP contribution in [0.15, 0.2) is 60.8 Å². The largest absolute Gasteiger partial charge is 0.393 e. The SMILES string of the molecule is CCC=CCC=CCC=CCC=CCC=CCCCC(=O)N(C)CCNC(=O)CC[C@@H](C)C1CC[C@H]2[C@@H]3[C@H](O)[C@H](CC)[C@@H]4C[C@H](O)CC[C@]4(C)[C@H]3CC[C@]12C. The molecule has 0 radical (unpaired) electrons. The highest BCUT2D eigenvalue weighted by Gasteiger charge is 2.64. The number of unbranched alkanes of at least 4 members (excludes halogenated alkanes) is 1. The molecule has 2 amide bonds. The average molecular weight is 761 g/mol. The van der Waals surface area contributed by atoms with Crippen molar-refractivity contribution in [2.45, 2.75) is 162 Å². The molecule has 3 N–H and O–H groups in total. The zero-order valence-electron chi connectivity index (χ0n) is 35.8. The molecule has 4 saturated carbocycles. The number of amides is 2. The van der Waals surface area contributed by atoms with Crippen LogP contribution in [0.25, 0.3) is 0 Å². The van der Waals surface area contributed by atoms with Gasteiger partial charge >= 0.3 is 0 Å². The molecule has 6 heteroatoms. The van der Waals surface area contributed by atoms with Gasteiger partial charge in [-0.25, -0.2) is 0 Å². The van der Waals surface area contributed by atoms with Crippen molar-refractivity contribution in [3.63, 3.8) is 0 Å². The van der Waals surface area contributed by atoms with E-state index in [-0.39, 0.29) is 40.8 Å². The summed E-state index contributed by atoms with van der Waals surface area (Å²) in [6.07, 6.45) is 38.8. The zero-order valence-corrected chi connectivity index (χ0v) is 35.8. The van der Waals surface area contributed by atoms with E-state index in [4.69, 9.17) is 0 Å². The van der Waals surface area contributed by atoms with E-state index >= 15 is 0 Å². The Balaban J connectivity index is 1.09. The summed E-state index contributed by atoms with van der Waals surface area (Å²) in [5.74, 6) is 3.42. The molecule has 11 atom stereocenters. The molecule has 0 aromatic heterocycles. The number of aliphatic hydroxyl groups excluding tert-OH is 2. The third kappa shape index (κ3) is 12.0. The lowest BCUT2D eigenvalue weighted by atomic mass is 9.41. The second-order valence-corrected chi connectivity index (χ2v) is 18.4. The Hall–Kier alpha value is -2.44. The number of allylic oxidation sites excluding steroid dienone is 10. The van der Waals surface area contributed by atoms with Crippen LogP contribution in [0.1, 0.15) is 150 Å². The van der Waals surface area contributed by atoms with Crippen molar-refractivity contribution in [2.24, 2.45) is 52.3 Å². The van der Waals surface area contributed by atoms with Gasteiger partial charge in [0.2, 0.25) is 11.8 Å². The maximum atomic E-state index is 12.9. The van der Waals surface area contributed by atoms with Crippen molar-refractivity contribution in [3.05, 3.63) is 60.8 Å². The Kier molecular flexibility index (Phi) is 18.5. The fourth-order valence-electron chi connectivity index (χ4n) is 12.0. The van der Waals surface area contributed by atoms with E-state index in [1.54, 1.807) is 4.90 Å². The summed E-state index contributed by atoms with van der Waals surface area (Å²) in [5, 5.41) is 25.7. The van der Waals surface area contributed by atoms with Crippen molar-refractivity contribution in [1.82, 2.24) is 10.2 Å². The van der Waals surface area contributed by atoms with Crippen molar-refractivity contribution in [3.8, 4) is 0 Å². The number of hydrogen-bond acceptors (Lipinski definition) is 4. The molecule has 6 nitrogen and oxygen atoms in total. The summed E-state index contributed by atoms with van der Waals surface area (Å²) in [6, 6.07) is 0. The van der Waals surface area contributed by atoms with Crippen LogP contribution in [0.5, 0.6) is 0 Å². The van der Waals surface area contributed by atoms with Gasteiger partial charge < -0.3 is 20.4 Å². The molecule has 0 saturated heterocycles. The maximum Gasteiger partial charge on any atom is 0.222 e. The van der Waals surface area contributed by atoms with Gasteiger partial charge in [-0.3, -0.25) is 9.59 Å². The number of carbonyl (C=O) groups excluding carboxylic acids is 2. The van der Waals surface area contributed by atoms with E-state index in [1.165, 1.54) is 25.7 Å². The summed E-state index contributed by atoms with van der Waals surface area (Å²) in [6.45, 7) is 12.8. The average Bonchev–Trinajstić information content (AvgIpc) is 3.53. The van der Waals surface area contributed by atoms with E-state index in [0.717, 1.165) is 77.0 Å². The van der Waals surface area contributed by atoms with Crippen LogP contribution in [0.4, 0.5) is 0 Å². The van der Waals surface area contributed by atoms with E-state index in [1.807, 2.05) is 7.05 Å². The first-order valence-electron chi connectivity index (χ1n) is 22.6. The number of hydrogen-bond donors (Lipinski definition) is 3. The molecule has 0 spiro atoms. The number of nitrogens with one attached hydrogen (secondary N) is 1. The molecule has 0 aromatic carbocycles. The van der Waals surface area contributed by atoms with Gasteiger partial charge in [-0.2, -0.15) is 0 Å². The van der Waals surface area contributed by atoms with Gasteiger partial charge in [-0.15, -0.1) is 0 Å². The molecular weight excluding hydrogens is 681 g/mol. The molecule has 4 aliphatic rings. The molecule has 0 bridgehead atoms. The first-order valence-corrected chi connectivity index (χ1v) is 22.6. The van der Waals surface area contributed by atoms with Gasteiger partial charge in [0.15, 0.2) is 0 Å². The smallest absolute Gasteiger partial charge is 0.222 e. The molecule has 0 aliphatic heterocycles. The van der Waals surface area contributed by atoms with Crippen LogP contribution in [-0.4, -0.2) is 59.3 Å². The highest BCUT2D eigenvalue weighted by atomic mass is 16.3. The Labute approximate surface area is 336 Å². The number of nitrogens with zero attached hydrogens (tertiary/aromatic N) is 1. The predicted octanol–water partition coefficient (Wildman–Crippen LogP) is 10.5. The maximum absolute atomic E-state index is 12.9. The summed E-state index contributed by atoms with van der Waals surface area (Å²) in [7, 11) is 1.84. The zero-order chi connectivity index (χ0) is 39.8. The number of fused-ring (bicyclic) bond motifs is 5. The van der Waals surface area contributed by atoms with Gasteiger partial charge in [-0.1, -0.05) is 102 Å². The number of rotatable bonds is 21. The van der Waals surface area contributed by atoms with Gasteiger partial charge in [0.05, 0.1) is 12.2 Å². The highest BCUT2D eigenvalue weighted by Crippen LogP contribution is 2.69. The lowest BCUT2D eigenvalue weighted by Crippen LogP contribution is -2.62. The third-order valence-corrected chi connectivity index (χ3v) is 15.1. The lowest BCUT2D eigenvalue weighted by Gasteiger charge is -2.64. The minimum atomic E-state index is -0.267. The minimum Gasteiger partial charge on any atom is -0.393 e. The van der Waals surface area contributed by atoms with Crippen molar-refractivity contribution in [2.75, 3.05) is 20.1 Å². The molecular formula is C49H80N2O4. The van der Waals surface area contributed by atoms with Crippen LogP contribution >= 0.6 is 0 Å². The first kappa shape index (κ1) is 45.3. The van der Waals surface area contributed by atoms with Gasteiger partial charge in [0.25, 0.3) is 0 Å². The van der Waals surface area contributed by atoms with E-state index in [2.05, 4.69) is 101 Å². The van der Waals surface area contributed by atoms with Crippen LogP contribution in [0, 0.1) is 52.3 Å². The molecule has 1 unspecified atom stereocenters. The highest BCUT2D eigenvalue weighted by molar-refractivity contribution is 5.77. The van der Waals surface area contributed by atoms with E-state index in [9.17, 15) is 19.8 Å². The number of aliphatic hydroxyl groups is 2. The molecule has 310 valence electrons. The van der Waals surface area contributed by atoms with Gasteiger partial charge in [0, 0.05) is 33.0 Å². The van der Waals surface area contributed by atoms with Crippen LogP contribution < -0.4 is 5.32 Å². The summed E-state index contributed by atoms with van der Waals surface area (Å²) in [4.78, 5) is 27.3. The number of likely N-dealkylation sites (N-methyl/N-ethyl adjacent to an activating group) is 1. The standard InChI is InChI=1S/C49H80N2O4/c1-7-9-10-11-12-13-14-15-16-17-18-19-20-21-22-23-24-25-45(54)51(6)35-34-50-44(53)29-26-37(3)40-27-28-41-46-42(31-33-48(40,41)4)49(5)32-30-38(52)36-43(49)39(8-2)47(46)55/h9-10,12-13,15-16,18-19,21-22,37-43,46-47,52,55H,7-8,11,14,17,20,23-36H2,1-6H3,(H,50,53)/t37-,38-,39-,40?,41+,42+,43+,46+,47-,48-,49-/m1/s1. The van der Waals surface area contributed by atoms with E-state index in [0.29, 0.717) is 61.4 Å². The summed E-state index contributed by atoms with van der Waals surface area (Å²) in [5.41, 5.74) is 0.438. The van der Waals surface area contributed by atoms with Crippen molar-refractivity contribution >= 4 is 11.8 Å². The first-order chi connectivity index (χ1) is 26.5. The minimum absolute atomic E-state index is 0.0847.